The first kappa shape index (κ1) is 13.9. The third kappa shape index (κ3) is 3.06. The summed E-state index contributed by atoms with van der Waals surface area (Å²) in [6.45, 7) is 0. The summed E-state index contributed by atoms with van der Waals surface area (Å²) in [6, 6.07) is 9.47. The summed E-state index contributed by atoms with van der Waals surface area (Å²) in [5.41, 5.74) is 0.980. The molecule has 0 saturated carbocycles. The van der Waals surface area contributed by atoms with Crippen molar-refractivity contribution in [2.45, 2.75) is 12.5 Å². The Balaban J connectivity index is 2.18. The van der Waals surface area contributed by atoms with Crippen LogP contribution in [0.3, 0.4) is 0 Å². The van der Waals surface area contributed by atoms with Gasteiger partial charge in [0.05, 0.1) is 22.0 Å². The van der Waals surface area contributed by atoms with Crippen LogP contribution in [-0.4, -0.2) is 12.2 Å². The number of rotatable bonds is 4. The van der Waals surface area contributed by atoms with Gasteiger partial charge in [0.25, 0.3) is 0 Å². The highest BCUT2D eigenvalue weighted by Gasteiger charge is 2.15. The molecule has 0 saturated heterocycles. The molecule has 96 valence electrons. The van der Waals surface area contributed by atoms with E-state index in [0.29, 0.717) is 11.4 Å². The average molecular weight is 348 g/mol. The third-order valence-electron chi connectivity index (χ3n) is 2.60. The van der Waals surface area contributed by atoms with Crippen molar-refractivity contribution in [2.24, 2.45) is 0 Å². The van der Waals surface area contributed by atoms with Crippen molar-refractivity contribution >= 4 is 38.9 Å². The summed E-state index contributed by atoms with van der Waals surface area (Å²) in [6.07, 6.45) is -0.0667. The Labute approximate surface area is 123 Å². The van der Waals surface area contributed by atoms with Crippen LogP contribution in [0.4, 0.5) is 0 Å². The molecule has 1 N–H and O–H groups in total. The van der Waals surface area contributed by atoms with Gasteiger partial charge in [0.2, 0.25) is 0 Å². The van der Waals surface area contributed by atoms with Crippen molar-refractivity contribution in [1.82, 2.24) is 0 Å². The molecule has 1 aromatic heterocycles. The lowest BCUT2D eigenvalue weighted by Crippen LogP contribution is -2.01. The molecule has 0 spiro atoms. The molecule has 0 aliphatic heterocycles. The summed E-state index contributed by atoms with van der Waals surface area (Å²) >= 11 is 10.8. The summed E-state index contributed by atoms with van der Waals surface area (Å²) in [5.74, 6) is 0.790. The molecule has 1 atom stereocenters. The van der Waals surface area contributed by atoms with E-state index in [1.165, 1.54) is 11.3 Å². The molecular formula is C13H12BrClO2S. The van der Waals surface area contributed by atoms with E-state index in [4.69, 9.17) is 16.3 Å². The van der Waals surface area contributed by atoms with Gasteiger partial charge in [0.1, 0.15) is 5.75 Å². The van der Waals surface area contributed by atoms with Gasteiger partial charge in [-0.2, -0.15) is 0 Å². The van der Waals surface area contributed by atoms with Crippen LogP contribution in [0, 0.1) is 0 Å². The SMILES string of the molecule is COc1ccccc1CC(O)c1cc(Cl)c(Br)s1. The van der Waals surface area contributed by atoms with E-state index >= 15 is 0 Å². The van der Waals surface area contributed by atoms with E-state index in [0.717, 1.165) is 20.0 Å². The number of methoxy groups -OCH3 is 1. The van der Waals surface area contributed by atoms with Gasteiger partial charge in [-0.1, -0.05) is 29.8 Å². The topological polar surface area (TPSA) is 29.5 Å². The highest BCUT2D eigenvalue weighted by molar-refractivity contribution is 9.11. The Kier molecular flexibility index (Phi) is 4.67. The molecule has 1 heterocycles. The highest BCUT2D eigenvalue weighted by atomic mass is 79.9. The van der Waals surface area contributed by atoms with Gasteiger partial charge < -0.3 is 9.84 Å². The minimum absolute atomic E-state index is 0.507. The van der Waals surface area contributed by atoms with Crippen LogP contribution in [-0.2, 0) is 6.42 Å². The van der Waals surface area contributed by atoms with Crippen molar-refractivity contribution in [3.05, 3.63) is 49.6 Å². The van der Waals surface area contributed by atoms with Crippen LogP contribution in [0.15, 0.2) is 34.1 Å². The second-order valence-corrected chi connectivity index (χ2v) is 6.61. The largest absolute Gasteiger partial charge is 0.496 e. The first-order valence-corrected chi connectivity index (χ1v) is 7.35. The van der Waals surface area contributed by atoms with Crippen LogP contribution in [0.2, 0.25) is 5.02 Å². The highest BCUT2D eigenvalue weighted by Crippen LogP contribution is 2.36. The van der Waals surface area contributed by atoms with Crippen LogP contribution < -0.4 is 4.74 Å². The average Bonchev–Trinajstić information content (AvgIpc) is 2.70. The normalized spacial score (nSPS) is 12.4. The molecule has 18 heavy (non-hydrogen) atoms. The number of hydrogen-bond acceptors (Lipinski definition) is 3. The number of ether oxygens (including phenoxy) is 1. The zero-order valence-corrected chi connectivity index (χ0v) is 12.8. The zero-order valence-electron chi connectivity index (χ0n) is 9.69. The number of halogens is 2. The lowest BCUT2D eigenvalue weighted by atomic mass is 10.1. The smallest absolute Gasteiger partial charge is 0.122 e. The molecule has 2 nitrogen and oxygen atoms in total. The van der Waals surface area contributed by atoms with Crippen LogP contribution in [0.25, 0.3) is 0 Å². The van der Waals surface area contributed by atoms with E-state index in [1.54, 1.807) is 13.2 Å². The van der Waals surface area contributed by atoms with Gasteiger partial charge in [-0.05, 0) is 33.6 Å². The monoisotopic (exact) mass is 346 g/mol. The van der Waals surface area contributed by atoms with Crippen molar-refractivity contribution in [2.75, 3.05) is 7.11 Å². The van der Waals surface area contributed by atoms with Gasteiger partial charge in [0, 0.05) is 11.3 Å². The quantitative estimate of drug-likeness (QED) is 0.885. The molecule has 2 aromatic rings. The second-order valence-electron chi connectivity index (χ2n) is 3.80. The minimum atomic E-state index is -0.574. The molecular weight excluding hydrogens is 336 g/mol. The van der Waals surface area contributed by atoms with Gasteiger partial charge in [-0.3, -0.25) is 0 Å². The number of thiophene rings is 1. The van der Waals surface area contributed by atoms with Crippen LogP contribution in [0.5, 0.6) is 5.75 Å². The van der Waals surface area contributed by atoms with Crippen molar-refractivity contribution in [3.8, 4) is 5.75 Å². The van der Waals surface area contributed by atoms with Crippen molar-refractivity contribution in [3.63, 3.8) is 0 Å². The Hall–Kier alpha value is -0.550. The number of benzene rings is 1. The fraction of sp³-hybridized carbons (Fsp3) is 0.231. The Bertz CT molecular complexity index is 522. The van der Waals surface area contributed by atoms with E-state index < -0.39 is 6.10 Å². The van der Waals surface area contributed by atoms with Crippen LogP contribution >= 0.6 is 38.9 Å². The lowest BCUT2D eigenvalue weighted by Gasteiger charge is -2.11. The predicted octanol–water partition coefficient (Wildman–Crippen LogP) is 4.45. The molecule has 5 heteroatoms. The van der Waals surface area contributed by atoms with Crippen molar-refractivity contribution in [1.29, 1.82) is 0 Å². The molecule has 0 amide bonds. The van der Waals surface area contributed by atoms with E-state index in [2.05, 4.69) is 15.9 Å². The van der Waals surface area contributed by atoms with E-state index in [-0.39, 0.29) is 0 Å². The summed E-state index contributed by atoms with van der Waals surface area (Å²) in [7, 11) is 1.63. The summed E-state index contributed by atoms with van der Waals surface area (Å²) in [4.78, 5) is 0.845. The Morgan fingerprint density at radius 3 is 2.78 bits per heavy atom. The van der Waals surface area contributed by atoms with E-state index in [9.17, 15) is 5.11 Å². The lowest BCUT2D eigenvalue weighted by molar-refractivity contribution is 0.181. The van der Waals surface area contributed by atoms with Gasteiger partial charge in [-0.25, -0.2) is 0 Å². The predicted molar refractivity (Wildman–Crippen MR) is 78.7 cm³/mol. The molecule has 0 bridgehead atoms. The maximum Gasteiger partial charge on any atom is 0.122 e. The molecule has 2 rings (SSSR count). The number of hydrogen-bond donors (Lipinski definition) is 1. The fourth-order valence-electron chi connectivity index (χ4n) is 1.71. The summed E-state index contributed by atoms with van der Waals surface area (Å²) in [5, 5.41) is 10.8. The van der Waals surface area contributed by atoms with Crippen LogP contribution in [0.1, 0.15) is 16.5 Å². The number of para-hydroxylation sites is 1. The molecule has 0 aliphatic rings. The maximum atomic E-state index is 10.2. The molecule has 0 fully saturated rings. The summed E-state index contributed by atoms with van der Waals surface area (Å²) < 4.78 is 6.11. The van der Waals surface area contributed by atoms with E-state index in [1.807, 2.05) is 24.3 Å². The third-order valence-corrected chi connectivity index (χ3v) is 5.17. The number of aliphatic hydroxyl groups excluding tert-OH is 1. The molecule has 1 aromatic carbocycles. The Morgan fingerprint density at radius 2 is 2.17 bits per heavy atom. The van der Waals surface area contributed by atoms with Crippen molar-refractivity contribution < 1.29 is 9.84 Å². The van der Waals surface area contributed by atoms with Gasteiger partial charge >= 0.3 is 0 Å². The molecule has 0 aliphatic carbocycles. The second kappa shape index (κ2) is 6.06. The first-order valence-electron chi connectivity index (χ1n) is 5.36. The van der Waals surface area contributed by atoms with Gasteiger partial charge in [-0.15, -0.1) is 11.3 Å². The minimum Gasteiger partial charge on any atom is -0.496 e. The van der Waals surface area contributed by atoms with Gasteiger partial charge in [0.15, 0.2) is 0 Å². The number of aliphatic hydroxyl groups is 1. The maximum absolute atomic E-state index is 10.2. The molecule has 0 radical (unpaired) electrons. The molecule has 1 unspecified atom stereocenters. The Morgan fingerprint density at radius 1 is 1.44 bits per heavy atom. The zero-order chi connectivity index (χ0) is 13.1. The first-order chi connectivity index (χ1) is 8.61. The fourth-order valence-corrected chi connectivity index (χ4v) is 3.44. The standard InChI is InChI=1S/C13H12BrClO2S/c1-17-11-5-3-2-4-8(11)6-10(16)12-7-9(15)13(14)18-12/h2-5,7,10,16H,6H2,1H3.